The van der Waals surface area contributed by atoms with Gasteiger partial charge in [-0.15, -0.1) is 0 Å². The van der Waals surface area contributed by atoms with Gasteiger partial charge in [0.15, 0.2) is 11.5 Å². The number of fused-ring (bicyclic) bond motifs is 1. The predicted octanol–water partition coefficient (Wildman–Crippen LogP) is 5.08. The van der Waals surface area contributed by atoms with Gasteiger partial charge in [0, 0.05) is 17.7 Å². The first-order valence-corrected chi connectivity index (χ1v) is 10.1. The predicted molar refractivity (Wildman–Crippen MR) is 123 cm³/mol. The lowest BCUT2D eigenvalue weighted by molar-refractivity contribution is -0.111. The Morgan fingerprint density at radius 1 is 1.12 bits per heavy atom. The van der Waals surface area contributed by atoms with Crippen LogP contribution in [0.3, 0.4) is 0 Å². The van der Waals surface area contributed by atoms with Gasteiger partial charge in [-0.3, -0.25) is 9.78 Å². The first kappa shape index (κ1) is 21.1. The largest absolute Gasteiger partial charge is 0.493 e. The lowest BCUT2D eigenvalue weighted by Gasteiger charge is -2.11. The molecule has 0 aliphatic carbocycles. The molecule has 7 heteroatoms. The van der Waals surface area contributed by atoms with Gasteiger partial charge in [0.1, 0.15) is 12.4 Å². The van der Waals surface area contributed by atoms with E-state index in [1.165, 1.54) is 6.08 Å². The summed E-state index contributed by atoms with van der Waals surface area (Å²) in [6, 6.07) is 15.0. The zero-order chi connectivity index (χ0) is 22.5. The van der Waals surface area contributed by atoms with Gasteiger partial charge in [0.25, 0.3) is 0 Å². The Kier molecular flexibility index (Phi) is 6.17. The lowest BCUT2D eigenvalue weighted by Crippen LogP contribution is -2.08. The summed E-state index contributed by atoms with van der Waals surface area (Å²) in [5, 5.41) is 7.78. The Morgan fingerprint density at radius 2 is 1.97 bits per heavy atom. The van der Waals surface area contributed by atoms with Crippen LogP contribution in [0.1, 0.15) is 22.6 Å². The van der Waals surface area contributed by atoms with E-state index in [9.17, 15) is 4.79 Å². The van der Waals surface area contributed by atoms with E-state index in [0.29, 0.717) is 23.8 Å². The summed E-state index contributed by atoms with van der Waals surface area (Å²) in [6.45, 7) is 4.05. The van der Waals surface area contributed by atoms with Crippen LogP contribution in [0.25, 0.3) is 17.0 Å². The fourth-order valence-electron chi connectivity index (χ4n) is 3.32. The topological polar surface area (TPSA) is 86.5 Å². The number of ether oxygens (including phenoxy) is 2. The van der Waals surface area contributed by atoms with Gasteiger partial charge in [0.05, 0.1) is 29.6 Å². The van der Waals surface area contributed by atoms with Crippen molar-refractivity contribution in [3.8, 4) is 11.5 Å². The number of rotatable bonds is 7. The minimum Gasteiger partial charge on any atom is -0.493 e. The maximum atomic E-state index is 12.5. The number of pyridine rings is 1. The second-order valence-electron chi connectivity index (χ2n) is 7.20. The average Bonchev–Trinajstić information content (AvgIpc) is 3.14. The van der Waals surface area contributed by atoms with Crippen molar-refractivity contribution in [1.82, 2.24) is 10.1 Å². The number of aromatic nitrogens is 2. The Balaban J connectivity index is 1.45. The van der Waals surface area contributed by atoms with Gasteiger partial charge < -0.3 is 19.3 Å². The number of carbonyl (C=O) groups excluding carboxylic acids is 1. The minimum atomic E-state index is -0.249. The van der Waals surface area contributed by atoms with Crippen molar-refractivity contribution in [2.75, 3.05) is 12.4 Å². The van der Waals surface area contributed by atoms with Crippen molar-refractivity contribution >= 4 is 28.6 Å². The fourth-order valence-corrected chi connectivity index (χ4v) is 3.32. The number of benzene rings is 2. The van der Waals surface area contributed by atoms with Crippen molar-refractivity contribution in [3.05, 3.63) is 83.4 Å². The number of carbonyl (C=O) groups is 1. The third kappa shape index (κ3) is 4.62. The first-order chi connectivity index (χ1) is 15.5. The highest BCUT2D eigenvalue weighted by Gasteiger charge is 2.12. The summed E-state index contributed by atoms with van der Waals surface area (Å²) < 4.78 is 16.5. The zero-order valence-corrected chi connectivity index (χ0v) is 18.1. The molecule has 2 heterocycles. The van der Waals surface area contributed by atoms with E-state index in [-0.39, 0.29) is 5.91 Å². The number of para-hydroxylation sites is 1. The van der Waals surface area contributed by atoms with Gasteiger partial charge in [-0.1, -0.05) is 29.4 Å². The Hall–Kier alpha value is -4.13. The highest BCUT2D eigenvalue weighted by molar-refractivity contribution is 6.06. The standard InChI is InChI=1S/C25H23N3O4/c1-16-20(17(2)32-28-16)15-31-22-11-9-18(14-23(22)30-3)10-12-24(29)27-21-8-4-6-19-7-5-13-26-25(19)21/h4-14H,15H2,1-3H3,(H,27,29)/b12-10+. The summed E-state index contributed by atoms with van der Waals surface area (Å²) in [5.41, 5.74) is 3.93. The second-order valence-corrected chi connectivity index (χ2v) is 7.20. The highest BCUT2D eigenvalue weighted by Crippen LogP contribution is 2.30. The molecule has 0 fully saturated rings. The number of anilines is 1. The molecular weight excluding hydrogens is 406 g/mol. The van der Waals surface area contributed by atoms with Crippen LogP contribution in [-0.4, -0.2) is 23.2 Å². The van der Waals surface area contributed by atoms with Crippen LogP contribution in [0, 0.1) is 13.8 Å². The Morgan fingerprint density at radius 3 is 2.75 bits per heavy atom. The van der Waals surface area contributed by atoms with E-state index in [4.69, 9.17) is 14.0 Å². The molecule has 4 rings (SSSR count). The fraction of sp³-hybridized carbons (Fsp3) is 0.160. The first-order valence-electron chi connectivity index (χ1n) is 10.1. The average molecular weight is 429 g/mol. The van der Waals surface area contributed by atoms with Gasteiger partial charge in [-0.05, 0) is 49.8 Å². The molecule has 0 atom stereocenters. The third-order valence-corrected chi connectivity index (χ3v) is 5.06. The van der Waals surface area contributed by atoms with Gasteiger partial charge in [-0.25, -0.2) is 0 Å². The molecule has 2 aromatic carbocycles. The number of methoxy groups -OCH3 is 1. The van der Waals surface area contributed by atoms with Gasteiger partial charge in [0.2, 0.25) is 5.91 Å². The molecule has 0 saturated heterocycles. The van der Waals surface area contributed by atoms with Crippen molar-refractivity contribution in [2.24, 2.45) is 0 Å². The molecule has 0 bridgehead atoms. The van der Waals surface area contributed by atoms with Crippen molar-refractivity contribution in [1.29, 1.82) is 0 Å². The zero-order valence-electron chi connectivity index (χ0n) is 18.1. The van der Waals surface area contributed by atoms with Gasteiger partial charge >= 0.3 is 0 Å². The smallest absolute Gasteiger partial charge is 0.248 e. The molecule has 4 aromatic rings. The quantitative estimate of drug-likeness (QED) is 0.412. The number of nitrogens with zero attached hydrogens (tertiary/aromatic N) is 2. The molecule has 0 unspecified atom stereocenters. The number of amides is 1. The molecule has 1 amide bonds. The highest BCUT2D eigenvalue weighted by atomic mass is 16.5. The molecule has 0 spiro atoms. The number of hydrogen-bond acceptors (Lipinski definition) is 6. The van der Waals surface area contributed by atoms with E-state index in [2.05, 4.69) is 15.5 Å². The van der Waals surface area contributed by atoms with Crippen LogP contribution in [-0.2, 0) is 11.4 Å². The molecule has 0 aliphatic heterocycles. The molecule has 162 valence electrons. The number of aryl methyl sites for hydroxylation is 2. The molecular formula is C25H23N3O4. The molecule has 0 saturated carbocycles. The molecule has 7 nitrogen and oxygen atoms in total. The number of nitrogens with one attached hydrogen (secondary N) is 1. The molecule has 1 N–H and O–H groups in total. The maximum absolute atomic E-state index is 12.5. The van der Waals surface area contributed by atoms with Crippen LogP contribution in [0.2, 0.25) is 0 Å². The number of hydrogen-bond donors (Lipinski definition) is 1. The minimum absolute atomic E-state index is 0.249. The van der Waals surface area contributed by atoms with E-state index in [1.807, 2.05) is 62.4 Å². The van der Waals surface area contributed by atoms with E-state index in [1.54, 1.807) is 19.4 Å². The normalized spacial score (nSPS) is 11.1. The van der Waals surface area contributed by atoms with E-state index >= 15 is 0 Å². The molecule has 32 heavy (non-hydrogen) atoms. The van der Waals surface area contributed by atoms with Crippen LogP contribution >= 0.6 is 0 Å². The third-order valence-electron chi connectivity index (χ3n) is 5.06. The summed E-state index contributed by atoms with van der Waals surface area (Å²) in [7, 11) is 1.58. The lowest BCUT2D eigenvalue weighted by atomic mass is 10.1. The van der Waals surface area contributed by atoms with Crippen LogP contribution in [0.15, 0.2) is 65.3 Å². The van der Waals surface area contributed by atoms with E-state index < -0.39 is 0 Å². The van der Waals surface area contributed by atoms with Crippen LogP contribution < -0.4 is 14.8 Å². The van der Waals surface area contributed by atoms with Crippen LogP contribution in [0.4, 0.5) is 5.69 Å². The van der Waals surface area contributed by atoms with Crippen molar-refractivity contribution < 1.29 is 18.8 Å². The summed E-state index contributed by atoms with van der Waals surface area (Å²) >= 11 is 0. The van der Waals surface area contributed by atoms with E-state index in [0.717, 1.165) is 33.5 Å². The monoisotopic (exact) mass is 429 g/mol. The molecule has 0 aliphatic rings. The summed E-state index contributed by atoms with van der Waals surface area (Å²) in [5.74, 6) is 1.64. The van der Waals surface area contributed by atoms with Crippen molar-refractivity contribution in [3.63, 3.8) is 0 Å². The Labute approximate surface area is 185 Å². The summed E-state index contributed by atoms with van der Waals surface area (Å²) in [6.07, 6.45) is 4.89. The van der Waals surface area contributed by atoms with Crippen molar-refractivity contribution in [2.45, 2.75) is 20.5 Å². The molecule has 0 radical (unpaired) electrons. The van der Waals surface area contributed by atoms with Gasteiger partial charge in [-0.2, -0.15) is 0 Å². The second kappa shape index (κ2) is 9.34. The van der Waals surface area contributed by atoms with Crippen LogP contribution in [0.5, 0.6) is 11.5 Å². The SMILES string of the molecule is COc1cc(/C=C/C(=O)Nc2cccc3cccnc23)ccc1OCc1c(C)noc1C. The maximum Gasteiger partial charge on any atom is 0.248 e. The molecule has 2 aromatic heterocycles. The Bertz CT molecular complexity index is 1270. The summed E-state index contributed by atoms with van der Waals surface area (Å²) in [4.78, 5) is 16.8.